The molecule has 3 fully saturated rings. The molecule has 1 atom stereocenters. The molecule has 4 nitrogen and oxygen atoms in total. The fourth-order valence-electron chi connectivity index (χ4n) is 3.76. The van der Waals surface area contributed by atoms with Crippen LogP contribution >= 0.6 is 0 Å². The average molecular weight is 300 g/mol. The van der Waals surface area contributed by atoms with Crippen LogP contribution in [0.4, 0.5) is 0 Å². The zero-order valence-corrected chi connectivity index (χ0v) is 13.2. The van der Waals surface area contributed by atoms with Gasteiger partial charge < -0.3 is 4.90 Å². The summed E-state index contributed by atoms with van der Waals surface area (Å²) in [5, 5.41) is -0.0868. The number of sulfonamides is 1. The quantitative estimate of drug-likeness (QED) is 0.846. The van der Waals surface area contributed by atoms with E-state index in [1.165, 1.54) is 38.6 Å². The van der Waals surface area contributed by atoms with Crippen molar-refractivity contribution in [1.29, 1.82) is 0 Å². The van der Waals surface area contributed by atoms with Crippen molar-refractivity contribution in [2.45, 2.75) is 69.1 Å². The monoisotopic (exact) mass is 300 g/mol. The smallest absolute Gasteiger partial charge is 0.214 e. The van der Waals surface area contributed by atoms with Gasteiger partial charge in [-0.3, -0.25) is 0 Å². The number of hydrogen-bond acceptors (Lipinski definition) is 3. The average Bonchev–Trinajstić information content (AvgIpc) is 3.24. The van der Waals surface area contributed by atoms with Gasteiger partial charge in [-0.15, -0.1) is 0 Å². The van der Waals surface area contributed by atoms with E-state index in [2.05, 4.69) is 9.62 Å². The van der Waals surface area contributed by atoms with Gasteiger partial charge in [-0.1, -0.05) is 19.3 Å². The Labute approximate surface area is 123 Å². The Hall–Kier alpha value is -0.130. The summed E-state index contributed by atoms with van der Waals surface area (Å²) in [5.41, 5.74) is 0. The number of hydrogen-bond donors (Lipinski definition) is 1. The minimum atomic E-state index is -3.02. The number of rotatable bonds is 5. The van der Waals surface area contributed by atoms with Crippen LogP contribution in [0, 0.1) is 5.92 Å². The van der Waals surface area contributed by atoms with E-state index in [0.29, 0.717) is 0 Å². The summed E-state index contributed by atoms with van der Waals surface area (Å²) in [7, 11) is -3.02. The molecule has 20 heavy (non-hydrogen) atoms. The second-order valence-electron chi connectivity index (χ2n) is 6.96. The van der Waals surface area contributed by atoms with Gasteiger partial charge in [0.15, 0.2) is 0 Å². The Kier molecular flexibility index (Phi) is 4.68. The van der Waals surface area contributed by atoms with Crippen LogP contribution in [0.1, 0.15) is 57.8 Å². The molecule has 1 heterocycles. The molecular formula is C15H28N2O2S. The maximum absolute atomic E-state index is 12.0. The Morgan fingerprint density at radius 3 is 2.40 bits per heavy atom. The maximum Gasteiger partial charge on any atom is 0.214 e. The van der Waals surface area contributed by atoms with E-state index in [1.807, 2.05) is 0 Å². The predicted molar refractivity (Wildman–Crippen MR) is 81.1 cm³/mol. The van der Waals surface area contributed by atoms with Crippen molar-refractivity contribution in [3.8, 4) is 0 Å². The van der Waals surface area contributed by atoms with Crippen molar-refractivity contribution < 1.29 is 8.42 Å². The van der Waals surface area contributed by atoms with Gasteiger partial charge in [0, 0.05) is 19.1 Å². The molecule has 5 heteroatoms. The van der Waals surface area contributed by atoms with Crippen LogP contribution in [0.15, 0.2) is 0 Å². The summed E-state index contributed by atoms with van der Waals surface area (Å²) < 4.78 is 27.0. The summed E-state index contributed by atoms with van der Waals surface area (Å²) in [5.74, 6) is 0.850. The Morgan fingerprint density at radius 2 is 1.70 bits per heavy atom. The maximum atomic E-state index is 12.0. The molecule has 0 bridgehead atoms. The van der Waals surface area contributed by atoms with Gasteiger partial charge in [0.1, 0.15) is 0 Å². The summed E-state index contributed by atoms with van der Waals surface area (Å²) >= 11 is 0. The van der Waals surface area contributed by atoms with E-state index in [4.69, 9.17) is 0 Å². The SMILES string of the molecule is O=S(=O)(NC1CCCN(CC2CCCCC2)C1)C1CC1. The first-order valence-corrected chi connectivity index (χ1v) is 9.91. The van der Waals surface area contributed by atoms with Crippen molar-refractivity contribution >= 4 is 10.0 Å². The molecule has 1 N–H and O–H groups in total. The van der Waals surface area contributed by atoms with E-state index in [1.54, 1.807) is 0 Å². The molecule has 3 rings (SSSR count). The van der Waals surface area contributed by atoms with Crippen molar-refractivity contribution in [3.05, 3.63) is 0 Å². The number of likely N-dealkylation sites (tertiary alicyclic amines) is 1. The molecule has 0 aromatic heterocycles. The highest BCUT2D eigenvalue weighted by Gasteiger charge is 2.37. The topological polar surface area (TPSA) is 49.4 Å². The molecule has 1 aliphatic heterocycles. The lowest BCUT2D eigenvalue weighted by molar-refractivity contribution is 0.157. The molecular weight excluding hydrogens is 272 g/mol. The summed E-state index contributed by atoms with van der Waals surface area (Å²) in [6.45, 7) is 3.25. The van der Waals surface area contributed by atoms with Crippen LogP contribution < -0.4 is 4.72 Å². The van der Waals surface area contributed by atoms with Crippen LogP contribution in [-0.2, 0) is 10.0 Å². The van der Waals surface area contributed by atoms with Crippen molar-refractivity contribution in [2.75, 3.05) is 19.6 Å². The molecule has 1 saturated heterocycles. The Balaban J connectivity index is 1.48. The first-order valence-electron chi connectivity index (χ1n) is 8.37. The lowest BCUT2D eigenvalue weighted by atomic mass is 9.88. The van der Waals surface area contributed by atoms with Crippen LogP contribution in [0.3, 0.4) is 0 Å². The molecule has 116 valence electrons. The van der Waals surface area contributed by atoms with Crippen LogP contribution in [0.5, 0.6) is 0 Å². The van der Waals surface area contributed by atoms with Gasteiger partial charge in [-0.25, -0.2) is 13.1 Å². The van der Waals surface area contributed by atoms with Crippen molar-refractivity contribution in [3.63, 3.8) is 0 Å². The van der Waals surface area contributed by atoms with Gasteiger partial charge in [-0.2, -0.15) is 0 Å². The van der Waals surface area contributed by atoms with Crippen LogP contribution in [0.25, 0.3) is 0 Å². The highest BCUT2D eigenvalue weighted by Crippen LogP contribution is 2.29. The fraction of sp³-hybridized carbons (Fsp3) is 1.00. The van der Waals surface area contributed by atoms with E-state index in [-0.39, 0.29) is 11.3 Å². The van der Waals surface area contributed by atoms with Crippen LogP contribution in [-0.4, -0.2) is 44.2 Å². The first-order chi connectivity index (χ1) is 9.63. The van der Waals surface area contributed by atoms with E-state index in [0.717, 1.165) is 44.7 Å². The van der Waals surface area contributed by atoms with Crippen molar-refractivity contribution in [2.24, 2.45) is 5.92 Å². The number of nitrogens with zero attached hydrogens (tertiary/aromatic N) is 1. The van der Waals surface area contributed by atoms with Crippen LogP contribution in [0.2, 0.25) is 0 Å². The van der Waals surface area contributed by atoms with E-state index >= 15 is 0 Å². The second kappa shape index (κ2) is 6.32. The Bertz CT molecular complexity index is 414. The first kappa shape index (κ1) is 14.8. The molecule has 2 saturated carbocycles. The zero-order valence-electron chi connectivity index (χ0n) is 12.4. The highest BCUT2D eigenvalue weighted by atomic mass is 32.2. The third-order valence-electron chi connectivity index (χ3n) is 5.04. The number of nitrogens with one attached hydrogen (secondary N) is 1. The predicted octanol–water partition coefficient (Wildman–Crippen LogP) is 2.11. The summed E-state index contributed by atoms with van der Waals surface area (Å²) in [4.78, 5) is 2.50. The lowest BCUT2D eigenvalue weighted by Crippen LogP contribution is -2.49. The largest absolute Gasteiger partial charge is 0.301 e. The third kappa shape index (κ3) is 3.95. The van der Waals surface area contributed by atoms with Gasteiger partial charge >= 0.3 is 0 Å². The third-order valence-corrected chi connectivity index (χ3v) is 7.05. The molecule has 0 radical (unpaired) electrons. The van der Waals surface area contributed by atoms with Gasteiger partial charge in [0.2, 0.25) is 10.0 Å². The lowest BCUT2D eigenvalue weighted by Gasteiger charge is -2.36. The fourth-order valence-corrected chi connectivity index (χ4v) is 5.37. The second-order valence-corrected chi connectivity index (χ2v) is 8.96. The van der Waals surface area contributed by atoms with Crippen molar-refractivity contribution in [1.82, 2.24) is 9.62 Å². The molecule has 0 aromatic carbocycles. The molecule has 2 aliphatic carbocycles. The summed E-state index contributed by atoms with van der Waals surface area (Å²) in [6.07, 6.45) is 10.8. The minimum absolute atomic E-state index is 0.0868. The molecule has 0 amide bonds. The standard InChI is InChI=1S/C15H28N2O2S/c18-20(19,15-8-9-15)16-14-7-4-10-17(12-14)11-13-5-2-1-3-6-13/h13-16H,1-12H2. The molecule has 3 aliphatic rings. The normalized spacial score (nSPS) is 30.5. The number of piperidine rings is 1. The zero-order chi connectivity index (χ0) is 14.0. The highest BCUT2D eigenvalue weighted by molar-refractivity contribution is 7.90. The minimum Gasteiger partial charge on any atom is -0.301 e. The van der Waals surface area contributed by atoms with Gasteiger partial charge in [0.05, 0.1) is 5.25 Å². The molecule has 0 spiro atoms. The van der Waals surface area contributed by atoms with Gasteiger partial charge in [-0.05, 0) is 51.0 Å². The Morgan fingerprint density at radius 1 is 0.950 bits per heavy atom. The van der Waals surface area contributed by atoms with E-state index < -0.39 is 10.0 Å². The molecule has 0 aromatic rings. The van der Waals surface area contributed by atoms with Gasteiger partial charge in [0.25, 0.3) is 0 Å². The summed E-state index contributed by atoms with van der Waals surface area (Å²) in [6, 6.07) is 0.151. The van der Waals surface area contributed by atoms with E-state index in [9.17, 15) is 8.42 Å². The molecule has 1 unspecified atom stereocenters.